The Bertz CT molecular complexity index is 502. The minimum Gasteiger partial charge on any atom is -0.326 e. The molecule has 0 unspecified atom stereocenters. The highest BCUT2D eigenvalue weighted by molar-refractivity contribution is 5.92. The second kappa shape index (κ2) is 8.49. The maximum absolute atomic E-state index is 12.3. The van der Waals surface area contributed by atoms with Crippen LogP contribution in [-0.2, 0) is 4.79 Å². The van der Waals surface area contributed by atoms with Gasteiger partial charge >= 0.3 is 0 Å². The molecule has 1 aromatic carbocycles. The van der Waals surface area contributed by atoms with Gasteiger partial charge in [0.1, 0.15) is 0 Å². The van der Waals surface area contributed by atoms with Crippen LogP contribution in [0.1, 0.15) is 50.5 Å². The van der Waals surface area contributed by atoms with Crippen molar-refractivity contribution >= 4 is 11.6 Å². The van der Waals surface area contributed by atoms with Gasteiger partial charge in [-0.05, 0) is 37.1 Å². The van der Waals surface area contributed by atoms with Crippen molar-refractivity contribution in [1.82, 2.24) is 0 Å². The predicted octanol–water partition coefficient (Wildman–Crippen LogP) is 3.30. The molecule has 0 atom stereocenters. The first-order chi connectivity index (χ1) is 10.3. The topological polar surface area (TPSA) is 55.1 Å². The van der Waals surface area contributed by atoms with Crippen LogP contribution in [0.3, 0.4) is 0 Å². The number of carbonyl (C=O) groups excluding carboxylic acids is 1. The Labute approximate surface area is 127 Å². The molecule has 3 N–H and O–H groups in total. The van der Waals surface area contributed by atoms with Crippen molar-refractivity contribution in [3.8, 4) is 11.8 Å². The van der Waals surface area contributed by atoms with Gasteiger partial charge in [0.2, 0.25) is 5.91 Å². The Morgan fingerprint density at radius 1 is 1.10 bits per heavy atom. The molecule has 0 heterocycles. The van der Waals surface area contributed by atoms with Crippen molar-refractivity contribution in [3.63, 3.8) is 0 Å². The number of nitrogens with one attached hydrogen (secondary N) is 1. The van der Waals surface area contributed by atoms with Gasteiger partial charge in [0.05, 0.1) is 6.54 Å². The third-order valence-corrected chi connectivity index (χ3v) is 3.96. The Balaban J connectivity index is 1.91. The number of nitrogens with two attached hydrogens (primary N) is 1. The molecule has 1 aromatic rings. The van der Waals surface area contributed by atoms with E-state index in [2.05, 4.69) is 17.2 Å². The Morgan fingerprint density at radius 3 is 2.33 bits per heavy atom. The lowest BCUT2D eigenvalue weighted by Crippen LogP contribution is -2.23. The molecule has 3 nitrogen and oxygen atoms in total. The first kappa shape index (κ1) is 15.6. The summed E-state index contributed by atoms with van der Waals surface area (Å²) >= 11 is 0. The summed E-state index contributed by atoms with van der Waals surface area (Å²) in [5.74, 6) is 6.13. The highest BCUT2D eigenvalue weighted by Gasteiger charge is 2.19. The van der Waals surface area contributed by atoms with Crippen LogP contribution in [0.5, 0.6) is 0 Å². The fraction of sp³-hybridized carbons (Fsp3) is 0.500. The third-order valence-electron chi connectivity index (χ3n) is 3.96. The standard InChI is InChI=1S/C18H24N2O/c19-14-6-7-15-10-12-17(13-11-15)20-18(21)16-8-4-2-1-3-5-9-16/h10-13,16H,1-5,8-9,14,19H2,(H,20,21). The zero-order valence-electron chi connectivity index (χ0n) is 12.5. The summed E-state index contributed by atoms with van der Waals surface area (Å²) in [6.45, 7) is 0.361. The Morgan fingerprint density at radius 2 is 1.71 bits per heavy atom. The lowest BCUT2D eigenvalue weighted by atomic mass is 9.90. The van der Waals surface area contributed by atoms with Gasteiger partial charge in [-0.15, -0.1) is 0 Å². The number of carbonyl (C=O) groups is 1. The van der Waals surface area contributed by atoms with E-state index < -0.39 is 0 Å². The second-order valence-electron chi connectivity index (χ2n) is 5.61. The quantitative estimate of drug-likeness (QED) is 0.819. The van der Waals surface area contributed by atoms with Gasteiger partial charge in [-0.25, -0.2) is 0 Å². The Kier molecular flexibility index (Phi) is 6.30. The van der Waals surface area contributed by atoms with Crippen molar-refractivity contribution in [2.75, 3.05) is 11.9 Å². The summed E-state index contributed by atoms with van der Waals surface area (Å²) in [7, 11) is 0. The summed E-state index contributed by atoms with van der Waals surface area (Å²) in [5.41, 5.74) is 7.12. The van der Waals surface area contributed by atoms with Crippen molar-refractivity contribution in [3.05, 3.63) is 29.8 Å². The number of hydrogen-bond donors (Lipinski definition) is 2. The molecule has 21 heavy (non-hydrogen) atoms. The summed E-state index contributed by atoms with van der Waals surface area (Å²) in [6, 6.07) is 7.63. The van der Waals surface area contributed by atoms with Crippen molar-refractivity contribution in [1.29, 1.82) is 0 Å². The largest absolute Gasteiger partial charge is 0.326 e. The molecule has 2 rings (SSSR count). The van der Waals surface area contributed by atoms with Gasteiger partial charge < -0.3 is 11.1 Å². The average Bonchev–Trinajstić information content (AvgIpc) is 2.46. The lowest BCUT2D eigenvalue weighted by Gasteiger charge is -2.19. The van der Waals surface area contributed by atoms with Crippen LogP contribution in [0.2, 0.25) is 0 Å². The molecule has 1 fully saturated rings. The van der Waals surface area contributed by atoms with Crippen LogP contribution < -0.4 is 11.1 Å². The van der Waals surface area contributed by atoms with Gasteiger partial charge in [0.25, 0.3) is 0 Å². The second-order valence-corrected chi connectivity index (χ2v) is 5.61. The van der Waals surface area contributed by atoms with Crippen LogP contribution in [0, 0.1) is 17.8 Å². The molecule has 0 saturated heterocycles. The van der Waals surface area contributed by atoms with Crippen LogP contribution in [0.15, 0.2) is 24.3 Å². The van der Waals surface area contributed by atoms with Gasteiger partial charge in [-0.3, -0.25) is 4.79 Å². The normalized spacial score (nSPS) is 16.2. The van der Waals surface area contributed by atoms with E-state index in [0.717, 1.165) is 24.1 Å². The SMILES string of the molecule is NCC#Cc1ccc(NC(=O)C2CCCCCCC2)cc1. The van der Waals surface area contributed by atoms with Crippen molar-refractivity contribution in [2.24, 2.45) is 11.7 Å². The van der Waals surface area contributed by atoms with Crippen LogP contribution in [0.4, 0.5) is 5.69 Å². The fourth-order valence-corrected chi connectivity index (χ4v) is 2.75. The molecule has 1 saturated carbocycles. The smallest absolute Gasteiger partial charge is 0.227 e. The van der Waals surface area contributed by atoms with Crippen molar-refractivity contribution < 1.29 is 4.79 Å². The molecule has 0 bridgehead atoms. The van der Waals surface area contributed by atoms with Gasteiger partial charge in [0, 0.05) is 17.2 Å². The minimum absolute atomic E-state index is 0.165. The molecule has 1 aliphatic carbocycles. The summed E-state index contributed by atoms with van der Waals surface area (Å²) in [6.07, 6.45) is 8.23. The van der Waals surface area contributed by atoms with Crippen LogP contribution in [-0.4, -0.2) is 12.5 Å². The lowest BCUT2D eigenvalue weighted by molar-refractivity contribution is -0.120. The summed E-state index contributed by atoms with van der Waals surface area (Å²) in [4.78, 5) is 12.3. The highest BCUT2D eigenvalue weighted by Crippen LogP contribution is 2.23. The van der Waals surface area contributed by atoms with E-state index in [1.54, 1.807) is 0 Å². The maximum Gasteiger partial charge on any atom is 0.227 e. The molecule has 3 heteroatoms. The molecule has 0 aromatic heterocycles. The number of benzene rings is 1. The summed E-state index contributed by atoms with van der Waals surface area (Å²) < 4.78 is 0. The zero-order chi connectivity index (χ0) is 14.9. The van der Waals surface area contributed by atoms with Crippen molar-refractivity contribution in [2.45, 2.75) is 44.9 Å². The van der Waals surface area contributed by atoms with Crippen LogP contribution >= 0.6 is 0 Å². The van der Waals surface area contributed by atoms with E-state index in [1.165, 1.54) is 32.1 Å². The number of rotatable bonds is 2. The van der Waals surface area contributed by atoms with E-state index in [9.17, 15) is 4.79 Å². The van der Waals surface area contributed by atoms with Crippen LogP contribution in [0.25, 0.3) is 0 Å². The maximum atomic E-state index is 12.3. The molecule has 112 valence electrons. The van der Waals surface area contributed by atoms with E-state index in [4.69, 9.17) is 5.73 Å². The van der Waals surface area contributed by atoms with E-state index in [1.807, 2.05) is 24.3 Å². The van der Waals surface area contributed by atoms with E-state index in [-0.39, 0.29) is 11.8 Å². The number of amides is 1. The molecule has 0 radical (unpaired) electrons. The third kappa shape index (κ3) is 5.24. The molecule has 1 aliphatic rings. The molecule has 0 spiro atoms. The molecular formula is C18H24N2O. The first-order valence-electron chi connectivity index (χ1n) is 7.89. The summed E-state index contributed by atoms with van der Waals surface area (Å²) in [5, 5.41) is 3.03. The average molecular weight is 284 g/mol. The van der Waals surface area contributed by atoms with E-state index >= 15 is 0 Å². The number of hydrogen-bond acceptors (Lipinski definition) is 2. The number of anilines is 1. The molecule has 1 amide bonds. The monoisotopic (exact) mass is 284 g/mol. The zero-order valence-corrected chi connectivity index (χ0v) is 12.5. The first-order valence-corrected chi connectivity index (χ1v) is 7.89. The minimum atomic E-state index is 0.165. The molecular weight excluding hydrogens is 260 g/mol. The van der Waals surface area contributed by atoms with E-state index in [0.29, 0.717) is 6.54 Å². The Hall–Kier alpha value is -1.79. The molecule has 0 aliphatic heterocycles. The van der Waals surface area contributed by atoms with Gasteiger partial charge in [-0.1, -0.05) is 43.9 Å². The van der Waals surface area contributed by atoms with Gasteiger partial charge in [-0.2, -0.15) is 0 Å². The fourth-order valence-electron chi connectivity index (χ4n) is 2.75. The highest BCUT2D eigenvalue weighted by atomic mass is 16.1. The van der Waals surface area contributed by atoms with Gasteiger partial charge in [0.15, 0.2) is 0 Å². The predicted molar refractivity (Wildman–Crippen MR) is 86.8 cm³/mol.